The zero-order chi connectivity index (χ0) is 21.3. The summed E-state index contributed by atoms with van der Waals surface area (Å²) in [6.07, 6.45) is 1.59. The number of nitrogen functional groups attached to an aromatic ring is 1. The molecule has 0 amide bonds. The highest BCUT2D eigenvalue weighted by Crippen LogP contribution is 2.23. The molecule has 0 fully saturated rings. The summed E-state index contributed by atoms with van der Waals surface area (Å²) in [6.45, 7) is -1.03. The van der Waals surface area contributed by atoms with E-state index < -0.39 is 12.4 Å². The number of nitrogens with zero attached hydrogens (tertiary/aromatic N) is 6. The van der Waals surface area contributed by atoms with Gasteiger partial charge in [0.2, 0.25) is 17.8 Å². The highest BCUT2D eigenvalue weighted by atomic mass is 19.3. The summed E-state index contributed by atoms with van der Waals surface area (Å²) in [5.41, 5.74) is 7.07. The van der Waals surface area contributed by atoms with Crippen molar-refractivity contribution >= 4 is 28.7 Å². The Balaban J connectivity index is 1.71. The lowest BCUT2D eigenvalue weighted by atomic mass is 10.3. The van der Waals surface area contributed by atoms with Gasteiger partial charge in [-0.25, -0.2) is 14.4 Å². The summed E-state index contributed by atoms with van der Waals surface area (Å²) in [6, 6.07) is 7.05. The molecule has 1 aromatic carbocycles. The topological polar surface area (TPSA) is 117 Å². The molecule has 9 nitrogen and oxygen atoms in total. The predicted molar refractivity (Wildman–Crippen MR) is 102 cm³/mol. The van der Waals surface area contributed by atoms with Gasteiger partial charge in [0.05, 0.1) is 11.7 Å². The van der Waals surface area contributed by atoms with Crippen LogP contribution in [0.4, 0.5) is 30.8 Å². The van der Waals surface area contributed by atoms with Crippen molar-refractivity contribution in [1.29, 1.82) is 0 Å². The molecular weight excluding hydrogens is 401 g/mol. The van der Waals surface area contributed by atoms with E-state index in [1.54, 1.807) is 4.57 Å². The number of halogens is 3. The molecule has 0 atom stereocenters. The Hall–Kier alpha value is -3.96. The molecule has 154 valence electrons. The van der Waals surface area contributed by atoms with Gasteiger partial charge in [0.25, 0.3) is 0 Å². The van der Waals surface area contributed by atoms with Crippen LogP contribution in [-0.2, 0) is 6.42 Å². The molecular formula is C18H15F3N8O. The third kappa shape index (κ3) is 3.92. The number of benzene rings is 1. The number of hydrogen-bond acceptors (Lipinski definition) is 8. The van der Waals surface area contributed by atoms with Crippen molar-refractivity contribution < 1.29 is 17.9 Å². The van der Waals surface area contributed by atoms with Gasteiger partial charge in [0.1, 0.15) is 17.4 Å². The number of nitrogens with two attached hydrogens (primary N) is 1. The van der Waals surface area contributed by atoms with Gasteiger partial charge in [-0.2, -0.15) is 23.7 Å². The summed E-state index contributed by atoms with van der Waals surface area (Å²) in [5.74, 6) is 0.209. The lowest BCUT2D eigenvalue weighted by Crippen LogP contribution is -2.11. The molecule has 3 heterocycles. The first-order valence-corrected chi connectivity index (χ1v) is 8.79. The zero-order valence-corrected chi connectivity index (χ0v) is 15.6. The van der Waals surface area contributed by atoms with Gasteiger partial charge >= 0.3 is 6.61 Å². The molecule has 0 spiro atoms. The minimum atomic E-state index is -2.91. The fourth-order valence-electron chi connectivity index (χ4n) is 2.83. The molecule has 0 unspecified atom stereocenters. The molecule has 0 aliphatic rings. The Morgan fingerprint density at radius 3 is 2.60 bits per heavy atom. The van der Waals surface area contributed by atoms with Crippen molar-refractivity contribution in [1.82, 2.24) is 29.5 Å². The summed E-state index contributed by atoms with van der Waals surface area (Å²) in [7, 11) is 0. The van der Waals surface area contributed by atoms with Crippen molar-refractivity contribution in [2.75, 3.05) is 11.1 Å². The van der Waals surface area contributed by atoms with E-state index in [-0.39, 0.29) is 23.6 Å². The number of fused-ring (bicyclic) bond motifs is 1. The van der Waals surface area contributed by atoms with Crippen molar-refractivity contribution in [3.63, 3.8) is 0 Å². The van der Waals surface area contributed by atoms with Crippen LogP contribution < -0.4 is 15.8 Å². The molecule has 4 aromatic rings. The number of aryl methyl sites for hydroxylation is 1. The number of alkyl halides is 2. The maximum atomic E-state index is 13.8. The number of aromatic nitrogens is 6. The summed E-state index contributed by atoms with van der Waals surface area (Å²) in [5, 5.41) is 2.92. The number of nitrogens with one attached hydrogen (secondary N) is 1. The Kier molecular flexibility index (Phi) is 5.04. The second-order valence-electron chi connectivity index (χ2n) is 6.06. The second-order valence-corrected chi connectivity index (χ2v) is 6.06. The Labute approximate surface area is 167 Å². The molecule has 3 aromatic heterocycles. The van der Waals surface area contributed by atoms with E-state index in [2.05, 4.69) is 35.0 Å². The van der Waals surface area contributed by atoms with E-state index in [0.29, 0.717) is 29.1 Å². The monoisotopic (exact) mass is 416 g/mol. The van der Waals surface area contributed by atoms with Gasteiger partial charge in [-0.1, -0.05) is 6.92 Å². The smallest absolute Gasteiger partial charge is 0.387 e. The third-order valence-corrected chi connectivity index (χ3v) is 4.04. The fourth-order valence-corrected chi connectivity index (χ4v) is 2.83. The van der Waals surface area contributed by atoms with Crippen LogP contribution in [0.1, 0.15) is 12.7 Å². The number of ether oxygens (including phenoxy) is 1. The standard InChI is InChI=1S/C18H15F3N8O/c1-2-13-25-14-12(7-9(19)8-23-14)29(13)18-27-16(22)26-17(28-18)24-10-3-5-11(6-4-10)30-15(20)21/h3-8,15H,2H2,1H3,(H3,22,24,26,27,28). The number of imidazole rings is 1. The lowest BCUT2D eigenvalue weighted by Gasteiger charge is -2.10. The Bertz CT molecular complexity index is 1200. The van der Waals surface area contributed by atoms with Crippen LogP contribution in [0.5, 0.6) is 5.75 Å². The van der Waals surface area contributed by atoms with E-state index in [0.717, 1.165) is 6.20 Å². The maximum Gasteiger partial charge on any atom is 0.387 e. The van der Waals surface area contributed by atoms with Crippen molar-refractivity contribution in [2.45, 2.75) is 20.0 Å². The first-order valence-electron chi connectivity index (χ1n) is 8.79. The number of anilines is 3. The van der Waals surface area contributed by atoms with Crippen molar-refractivity contribution in [2.24, 2.45) is 0 Å². The highest BCUT2D eigenvalue weighted by Gasteiger charge is 2.17. The predicted octanol–water partition coefficient (Wildman–Crippen LogP) is 3.23. The molecule has 0 radical (unpaired) electrons. The van der Waals surface area contributed by atoms with Gasteiger partial charge < -0.3 is 15.8 Å². The van der Waals surface area contributed by atoms with E-state index in [1.165, 1.54) is 30.3 Å². The van der Waals surface area contributed by atoms with Crippen LogP contribution in [0.15, 0.2) is 36.5 Å². The SMILES string of the molecule is CCc1nc2ncc(F)cc2n1-c1nc(N)nc(Nc2ccc(OC(F)F)cc2)n1. The highest BCUT2D eigenvalue weighted by molar-refractivity contribution is 5.73. The van der Waals surface area contributed by atoms with E-state index in [4.69, 9.17) is 5.73 Å². The first kappa shape index (κ1) is 19.4. The molecule has 0 aliphatic heterocycles. The van der Waals surface area contributed by atoms with Crippen LogP contribution in [0.2, 0.25) is 0 Å². The maximum absolute atomic E-state index is 13.8. The first-order chi connectivity index (χ1) is 14.4. The van der Waals surface area contributed by atoms with Crippen LogP contribution in [0.3, 0.4) is 0 Å². The van der Waals surface area contributed by atoms with Gasteiger partial charge in [-0.3, -0.25) is 4.57 Å². The van der Waals surface area contributed by atoms with Crippen molar-refractivity contribution in [3.05, 3.63) is 48.2 Å². The third-order valence-electron chi connectivity index (χ3n) is 4.04. The Morgan fingerprint density at radius 2 is 1.90 bits per heavy atom. The number of hydrogen-bond donors (Lipinski definition) is 2. The van der Waals surface area contributed by atoms with Crippen LogP contribution in [0.25, 0.3) is 17.1 Å². The molecule has 0 aliphatic carbocycles. The minimum Gasteiger partial charge on any atom is -0.435 e. The normalized spacial score (nSPS) is 11.2. The van der Waals surface area contributed by atoms with Gasteiger partial charge in [-0.05, 0) is 24.3 Å². The molecule has 30 heavy (non-hydrogen) atoms. The summed E-state index contributed by atoms with van der Waals surface area (Å²) in [4.78, 5) is 20.9. The molecule has 0 saturated carbocycles. The van der Waals surface area contributed by atoms with Crippen LogP contribution >= 0.6 is 0 Å². The van der Waals surface area contributed by atoms with Crippen LogP contribution in [-0.4, -0.2) is 36.1 Å². The molecule has 3 N–H and O–H groups in total. The van der Waals surface area contributed by atoms with E-state index >= 15 is 0 Å². The molecule has 0 saturated heterocycles. The Morgan fingerprint density at radius 1 is 1.13 bits per heavy atom. The van der Waals surface area contributed by atoms with E-state index in [1.807, 2.05) is 6.92 Å². The lowest BCUT2D eigenvalue weighted by molar-refractivity contribution is -0.0498. The van der Waals surface area contributed by atoms with Crippen molar-refractivity contribution in [3.8, 4) is 11.7 Å². The second kappa shape index (κ2) is 7.81. The van der Waals surface area contributed by atoms with E-state index in [9.17, 15) is 13.2 Å². The fraction of sp³-hybridized carbons (Fsp3) is 0.167. The summed E-state index contributed by atoms with van der Waals surface area (Å²) < 4.78 is 44.2. The molecule has 0 bridgehead atoms. The van der Waals surface area contributed by atoms with Gasteiger partial charge in [0, 0.05) is 18.2 Å². The largest absolute Gasteiger partial charge is 0.435 e. The minimum absolute atomic E-state index is 0.0124. The average Bonchev–Trinajstić information content (AvgIpc) is 3.06. The average molecular weight is 416 g/mol. The molecule has 4 rings (SSSR count). The number of rotatable bonds is 6. The quantitative estimate of drug-likeness (QED) is 0.492. The molecule has 12 heteroatoms. The van der Waals surface area contributed by atoms with Gasteiger partial charge in [0.15, 0.2) is 5.65 Å². The zero-order valence-electron chi connectivity index (χ0n) is 15.6. The van der Waals surface area contributed by atoms with Crippen LogP contribution in [0, 0.1) is 5.82 Å². The number of pyridine rings is 1. The summed E-state index contributed by atoms with van der Waals surface area (Å²) >= 11 is 0. The van der Waals surface area contributed by atoms with Gasteiger partial charge in [-0.15, -0.1) is 0 Å².